The summed E-state index contributed by atoms with van der Waals surface area (Å²) in [5.41, 5.74) is -1.06. The number of para-hydroxylation sites is 1. The van der Waals surface area contributed by atoms with Gasteiger partial charge in [0.1, 0.15) is 5.69 Å². The predicted molar refractivity (Wildman–Crippen MR) is 57.9 cm³/mol. The molecule has 1 radical (unpaired) electrons. The second-order valence-corrected chi connectivity index (χ2v) is 2.73. The van der Waals surface area contributed by atoms with E-state index in [1.54, 1.807) is 0 Å². The number of benzene rings is 1. The van der Waals surface area contributed by atoms with Gasteiger partial charge in [-0.2, -0.15) is 0 Å². The lowest BCUT2D eigenvalue weighted by Gasteiger charge is -2.03. The van der Waals surface area contributed by atoms with Gasteiger partial charge in [-0.3, -0.25) is 20.2 Å². The van der Waals surface area contributed by atoms with Gasteiger partial charge in [-0.15, -0.1) is 6.58 Å². The van der Waals surface area contributed by atoms with Crippen LogP contribution in [0.5, 0.6) is 0 Å². The molecule has 0 fully saturated rings. The third-order valence-electron chi connectivity index (χ3n) is 1.75. The summed E-state index contributed by atoms with van der Waals surface area (Å²) in [6.45, 7) is 4.74. The minimum atomic E-state index is -0.794. The zero-order valence-electron chi connectivity index (χ0n) is 8.12. The summed E-state index contributed by atoms with van der Waals surface area (Å²) in [4.78, 5) is 19.7. The van der Waals surface area contributed by atoms with Crippen LogP contribution in [0.25, 0.3) is 0 Å². The van der Waals surface area contributed by atoms with Gasteiger partial charge in [0, 0.05) is 6.07 Å². The monoisotopic (exact) mass is 222 g/mol. The molecule has 0 amide bonds. The highest BCUT2D eigenvalue weighted by atomic mass is 16.6. The largest absolute Gasteiger partial charge is 0.371 e. The maximum atomic E-state index is 10.7. The number of nitro benzene ring substituents is 2. The van der Waals surface area contributed by atoms with Crippen LogP contribution in [0, 0.1) is 26.8 Å². The lowest BCUT2D eigenvalue weighted by molar-refractivity contribution is -0.421. The van der Waals surface area contributed by atoms with Crippen molar-refractivity contribution in [3.8, 4) is 0 Å². The molecule has 0 aliphatic heterocycles. The number of hydrogen-bond donors (Lipinski definition) is 1. The first-order valence-electron chi connectivity index (χ1n) is 4.20. The lowest BCUT2D eigenvalue weighted by atomic mass is 10.2. The van der Waals surface area contributed by atoms with Gasteiger partial charge in [-0.05, 0) is 6.07 Å². The zero-order chi connectivity index (χ0) is 12.1. The quantitative estimate of drug-likeness (QED) is 0.608. The number of nitro groups is 2. The van der Waals surface area contributed by atoms with E-state index in [1.165, 1.54) is 24.8 Å². The van der Waals surface area contributed by atoms with E-state index >= 15 is 0 Å². The molecule has 0 atom stereocenters. The molecule has 1 aromatic rings. The van der Waals surface area contributed by atoms with Gasteiger partial charge in [0.25, 0.3) is 0 Å². The van der Waals surface area contributed by atoms with E-state index in [9.17, 15) is 20.2 Å². The van der Waals surface area contributed by atoms with E-state index in [0.29, 0.717) is 0 Å². The Morgan fingerprint density at radius 2 is 1.94 bits per heavy atom. The fourth-order valence-corrected chi connectivity index (χ4v) is 1.14. The van der Waals surface area contributed by atoms with Crippen molar-refractivity contribution in [2.75, 3.05) is 5.32 Å². The van der Waals surface area contributed by atoms with Gasteiger partial charge < -0.3 is 5.32 Å². The lowest BCUT2D eigenvalue weighted by Crippen LogP contribution is -2.01. The highest BCUT2D eigenvalue weighted by Gasteiger charge is 2.27. The summed E-state index contributed by atoms with van der Waals surface area (Å²) >= 11 is 0. The van der Waals surface area contributed by atoms with Gasteiger partial charge in [-0.25, -0.2) is 0 Å². The molecule has 1 rings (SSSR count). The highest BCUT2D eigenvalue weighted by Crippen LogP contribution is 2.34. The molecule has 16 heavy (non-hydrogen) atoms. The summed E-state index contributed by atoms with van der Waals surface area (Å²) in [5, 5.41) is 23.9. The molecule has 1 aromatic carbocycles. The van der Waals surface area contributed by atoms with E-state index < -0.39 is 21.2 Å². The topological polar surface area (TPSA) is 98.3 Å². The smallest absolute Gasteiger partial charge is 0.368 e. The fourth-order valence-electron chi connectivity index (χ4n) is 1.14. The molecule has 0 aromatic heterocycles. The first-order valence-corrected chi connectivity index (χ1v) is 4.20. The molecule has 0 saturated heterocycles. The van der Waals surface area contributed by atoms with Gasteiger partial charge in [0.15, 0.2) is 0 Å². The Labute approximate surface area is 90.7 Å². The summed E-state index contributed by atoms with van der Waals surface area (Å²) in [5.74, 6) is 0. The molecule has 83 valence electrons. The Bertz CT molecular complexity index is 444. The van der Waals surface area contributed by atoms with Crippen LogP contribution in [-0.4, -0.2) is 9.85 Å². The first-order chi connectivity index (χ1) is 7.57. The molecule has 0 heterocycles. The van der Waals surface area contributed by atoms with Crippen LogP contribution in [0.4, 0.5) is 17.1 Å². The minimum Gasteiger partial charge on any atom is -0.371 e. The van der Waals surface area contributed by atoms with Gasteiger partial charge in [-0.1, -0.05) is 12.1 Å². The highest BCUT2D eigenvalue weighted by molar-refractivity contribution is 5.72. The van der Waals surface area contributed by atoms with Gasteiger partial charge in [0.05, 0.1) is 16.4 Å². The normalized spacial score (nSPS) is 9.50. The van der Waals surface area contributed by atoms with Crippen molar-refractivity contribution >= 4 is 17.1 Å². The average Bonchev–Trinajstić information content (AvgIpc) is 2.25. The summed E-state index contributed by atoms with van der Waals surface area (Å²) in [7, 11) is 0. The van der Waals surface area contributed by atoms with Crippen molar-refractivity contribution in [1.29, 1.82) is 0 Å². The maximum absolute atomic E-state index is 10.7. The van der Waals surface area contributed by atoms with Crippen molar-refractivity contribution in [3.05, 3.63) is 57.6 Å². The number of nitrogens with zero attached hydrogens (tertiary/aromatic N) is 2. The molecule has 7 nitrogen and oxygen atoms in total. The number of hydrogen-bond acceptors (Lipinski definition) is 5. The predicted octanol–water partition coefficient (Wildman–Crippen LogP) is 2.26. The van der Waals surface area contributed by atoms with Crippen LogP contribution in [0.2, 0.25) is 0 Å². The SMILES string of the molecule is C=C[CH]Nc1cccc([N+](=O)[O-])c1[N+](=O)[O-]. The molecule has 7 heteroatoms. The fraction of sp³-hybridized carbons (Fsp3) is 0. The van der Waals surface area contributed by atoms with E-state index in [2.05, 4.69) is 11.9 Å². The maximum Gasteiger partial charge on any atom is 0.368 e. The summed E-state index contributed by atoms with van der Waals surface area (Å²) < 4.78 is 0. The Balaban J connectivity index is 3.26. The van der Waals surface area contributed by atoms with Crippen molar-refractivity contribution in [3.63, 3.8) is 0 Å². The van der Waals surface area contributed by atoms with Gasteiger partial charge in [0.2, 0.25) is 0 Å². The Morgan fingerprint density at radius 1 is 1.25 bits per heavy atom. The Kier molecular flexibility index (Phi) is 3.54. The number of anilines is 1. The first kappa shape index (κ1) is 11.6. The van der Waals surface area contributed by atoms with Gasteiger partial charge >= 0.3 is 11.4 Å². The zero-order valence-corrected chi connectivity index (χ0v) is 8.12. The van der Waals surface area contributed by atoms with E-state index in [0.717, 1.165) is 6.07 Å². The van der Waals surface area contributed by atoms with Crippen molar-refractivity contribution in [2.24, 2.45) is 0 Å². The summed E-state index contributed by atoms with van der Waals surface area (Å²) in [6.07, 6.45) is 1.38. The molecule has 0 unspecified atom stereocenters. The third-order valence-corrected chi connectivity index (χ3v) is 1.75. The van der Waals surface area contributed by atoms with Crippen LogP contribution in [0.3, 0.4) is 0 Å². The second-order valence-electron chi connectivity index (χ2n) is 2.73. The van der Waals surface area contributed by atoms with Crippen LogP contribution in [0.1, 0.15) is 0 Å². The van der Waals surface area contributed by atoms with Crippen molar-refractivity contribution in [1.82, 2.24) is 0 Å². The van der Waals surface area contributed by atoms with E-state index in [1.807, 2.05) is 0 Å². The molecule has 0 spiro atoms. The number of nitrogens with one attached hydrogen (secondary N) is 1. The molecule has 0 saturated carbocycles. The van der Waals surface area contributed by atoms with Crippen LogP contribution in [0.15, 0.2) is 30.9 Å². The molecule has 0 bridgehead atoms. The standard InChI is InChI=1S/C9H8N3O4/c1-2-6-10-7-4-3-5-8(11(13)14)9(7)12(15)16/h2-6,10H,1H2. The Morgan fingerprint density at radius 3 is 2.44 bits per heavy atom. The van der Waals surface area contributed by atoms with Crippen LogP contribution < -0.4 is 5.32 Å². The summed E-state index contributed by atoms with van der Waals surface area (Å²) in [6, 6.07) is 3.83. The van der Waals surface area contributed by atoms with Crippen LogP contribution in [-0.2, 0) is 0 Å². The minimum absolute atomic E-state index is 0.0547. The van der Waals surface area contributed by atoms with Crippen molar-refractivity contribution in [2.45, 2.75) is 0 Å². The molecule has 0 aliphatic carbocycles. The third kappa shape index (κ3) is 2.32. The Hall–Kier alpha value is -2.44. The van der Waals surface area contributed by atoms with Crippen molar-refractivity contribution < 1.29 is 9.85 Å². The van der Waals surface area contributed by atoms with Crippen LogP contribution >= 0.6 is 0 Å². The van der Waals surface area contributed by atoms with E-state index in [-0.39, 0.29) is 5.69 Å². The molecule has 0 aliphatic rings. The second kappa shape index (κ2) is 4.87. The molecular weight excluding hydrogens is 214 g/mol. The average molecular weight is 222 g/mol. The molecule has 1 N–H and O–H groups in total. The van der Waals surface area contributed by atoms with E-state index in [4.69, 9.17) is 0 Å². The number of rotatable bonds is 5. The molecular formula is C9H8N3O4.